The van der Waals surface area contributed by atoms with E-state index < -0.39 is 12.3 Å². The maximum absolute atomic E-state index is 12.4. The van der Waals surface area contributed by atoms with Crippen molar-refractivity contribution in [1.82, 2.24) is 15.2 Å². The molecule has 0 aliphatic heterocycles. The Balaban J connectivity index is 1.74. The molecule has 0 radical (unpaired) electrons. The second-order valence-electron chi connectivity index (χ2n) is 4.71. The van der Waals surface area contributed by atoms with Crippen molar-refractivity contribution in [3.05, 3.63) is 47.3 Å². The fourth-order valence-electron chi connectivity index (χ4n) is 1.92. The van der Waals surface area contributed by atoms with Crippen LogP contribution in [0.3, 0.4) is 0 Å². The molecule has 2 aromatic heterocycles. The predicted molar refractivity (Wildman–Crippen MR) is 78.3 cm³/mol. The van der Waals surface area contributed by atoms with Gasteiger partial charge >= 0.3 is 6.43 Å². The first-order valence-electron chi connectivity index (χ1n) is 6.56. The molecule has 0 N–H and O–H groups in total. The van der Waals surface area contributed by atoms with E-state index in [0.29, 0.717) is 17.5 Å². The topological polar surface area (TPSA) is 68.2 Å². The minimum Gasteiger partial charge on any atom is -0.446 e. The number of alkyl halides is 2. The fourth-order valence-corrected chi connectivity index (χ4v) is 2.10. The molecular weight excluding hydrogens is 330 g/mol. The second kappa shape index (κ2) is 6.33. The van der Waals surface area contributed by atoms with Crippen LogP contribution in [0.1, 0.15) is 18.2 Å². The molecule has 0 amide bonds. The number of rotatable bonds is 5. The van der Waals surface area contributed by atoms with Crippen molar-refractivity contribution in [2.24, 2.45) is 0 Å². The van der Waals surface area contributed by atoms with Crippen LogP contribution in [0.25, 0.3) is 11.6 Å². The summed E-state index contributed by atoms with van der Waals surface area (Å²) >= 11 is 5.95. The van der Waals surface area contributed by atoms with Crippen LogP contribution in [0.4, 0.5) is 14.5 Å². The molecule has 3 aromatic rings. The first-order valence-corrected chi connectivity index (χ1v) is 6.94. The summed E-state index contributed by atoms with van der Waals surface area (Å²) in [6.07, 6.45) is -1.54. The Hall–Kier alpha value is -2.48. The Morgan fingerprint density at radius 3 is 2.83 bits per heavy atom. The molecule has 9 heteroatoms. The number of hydrogen-bond acceptors (Lipinski definition) is 6. The number of anilines is 1. The zero-order valence-corrected chi connectivity index (χ0v) is 12.7. The lowest BCUT2D eigenvalue weighted by Crippen LogP contribution is -2.16. The van der Waals surface area contributed by atoms with Crippen LogP contribution in [0, 0.1) is 0 Å². The third kappa shape index (κ3) is 3.48. The highest BCUT2D eigenvalue weighted by atomic mass is 35.5. The van der Waals surface area contributed by atoms with Crippen molar-refractivity contribution >= 4 is 17.3 Å². The molecule has 6 nitrogen and oxygen atoms in total. The van der Waals surface area contributed by atoms with E-state index in [-0.39, 0.29) is 11.6 Å². The average Bonchev–Trinajstić information content (AvgIpc) is 3.15. The van der Waals surface area contributed by atoms with Gasteiger partial charge in [0.05, 0.1) is 6.54 Å². The van der Waals surface area contributed by atoms with Gasteiger partial charge in [-0.05, 0) is 18.2 Å². The summed E-state index contributed by atoms with van der Waals surface area (Å²) in [7, 11) is 1.84. The van der Waals surface area contributed by atoms with Gasteiger partial charge in [0, 0.05) is 17.8 Å². The third-order valence-electron chi connectivity index (χ3n) is 3.02. The lowest BCUT2D eigenvalue weighted by Gasteiger charge is -2.17. The zero-order chi connectivity index (χ0) is 16.4. The number of nitrogens with zero attached hydrogens (tertiary/aromatic N) is 4. The van der Waals surface area contributed by atoms with E-state index in [1.54, 1.807) is 12.1 Å². The number of oxazole rings is 1. The lowest BCUT2D eigenvalue weighted by atomic mass is 10.3. The second-order valence-corrected chi connectivity index (χ2v) is 5.15. The average molecular weight is 341 g/mol. The van der Waals surface area contributed by atoms with Crippen LogP contribution < -0.4 is 4.90 Å². The fraction of sp³-hybridized carbons (Fsp3) is 0.214. The first kappa shape index (κ1) is 15.4. The number of benzene rings is 1. The molecule has 1 aromatic carbocycles. The maximum Gasteiger partial charge on any atom is 0.314 e. The normalized spacial score (nSPS) is 11.2. The van der Waals surface area contributed by atoms with E-state index in [1.165, 1.54) is 6.26 Å². The smallest absolute Gasteiger partial charge is 0.314 e. The SMILES string of the molecule is CN(Cc1nc(-c2nnc(C(F)F)o2)co1)c1cccc(Cl)c1. The lowest BCUT2D eigenvalue weighted by molar-refractivity contribution is 0.116. The highest BCUT2D eigenvalue weighted by molar-refractivity contribution is 6.30. The molecule has 3 rings (SSSR count). The number of aromatic nitrogens is 3. The minimum atomic E-state index is -2.82. The van der Waals surface area contributed by atoms with E-state index in [2.05, 4.69) is 15.2 Å². The summed E-state index contributed by atoms with van der Waals surface area (Å²) in [5.74, 6) is -0.486. The number of hydrogen-bond donors (Lipinski definition) is 0. The van der Waals surface area contributed by atoms with Gasteiger partial charge in [0.25, 0.3) is 11.8 Å². The van der Waals surface area contributed by atoms with Gasteiger partial charge in [-0.1, -0.05) is 17.7 Å². The summed E-state index contributed by atoms with van der Waals surface area (Å²) in [6, 6.07) is 7.30. The zero-order valence-electron chi connectivity index (χ0n) is 11.9. The maximum atomic E-state index is 12.4. The van der Waals surface area contributed by atoms with Crippen LogP contribution in [-0.2, 0) is 6.54 Å². The molecule has 0 aliphatic rings. The van der Waals surface area contributed by atoms with Crippen LogP contribution >= 0.6 is 11.6 Å². The molecule has 120 valence electrons. The molecule has 0 spiro atoms. The van der Waals surface area contributed by atoms with Crippen LogP contribution in [0.15, 0.2) is 39.4 Å². The predicted octanol–water partition coefficient (Wildman–Crippen LogP) is 3.95. The molecule has 0 bridgehead atoms. The van der Waals surface area contributed by atoms with E-state index in [4.69, 9.17) is 20.4 Å². The highest BCUT2D eigenvalue weighted by Crippen LogP contribution is 2.24. The Morgan fingerprint density at radius 2 is 2.13 bits per heavy atom. The molecule has 2 heterocycles. The largest absolute Gasteiger partial charge is 0.446 e. The van der Waals surface area contributed by atoms with E-state index >= 15 is 0 Å². The molecule has 0 aliphatic carbocycles. The monoisotopic (exact) mass is 340 g/mol. The Bertz CT molecular complexity index is 805. The summed E-state index contributed by atoms with van der Waals surface area (Å²) in [5.41, 5.74) is 1.09. The minimum absolute atomic E-state index is 0.110. The molecule has 0 fully saturated rings. The van der Waals surface area contributed by atoms with E-state index in [1.807, 2.05) is 24.1 Å². The van der Waals surface area contributed by atoms with Gasteiger partial charge in [0.15, 0.2) is 5.69 Å². The van der Waals surface area contributed by atoms with Crippen molar-refractivity contribution in [3.63, 3.8) is 0 Å². The third-order valence-corrected chi connectivity index (χ3v) is 3.25. The summed E-state index contributed by atoms with van der Waals surface area (Å²) in [5, 5.41) is 7.38. The first-order chi connectivity index (χ1) is 11.0. The number of halogens is 3. The van der Waals surface area contributed by atoms with Crippen molar-refractivity contribution in [2.75, 3.05) is 11.9 Å². The molecule has 23 heavy (non-hydrogen) atoms. The van der Waals surface area contributed by atoms with Gasteiger partial charge in [-0.3, -0.25) is 0 Å². The van der Waals surface area contributed by atoms with Crippen molar-refractivity contribution in [3.8, 4) is 11.6 Å². The Kier molecular flexibility index (Phi) is 4.24. The van der Waals surface area contributed by atoms with Crippen molar-refractivity contribution < 1.29 is 17.6 Å². The van der Waals surface area contributed by atoms with Crippen LogP contribution in [-0.4, -0.2) is 22.2 Å². The van der Waals surface area contributed by atoms with Crippen LogP contribution in [0.5, 0.6) is 0 Å². The van der Waals surface area contributed by atoms with Gasteiger partial charge in [-0.2, -0.15) is 8.78 Å². The van der Waals surface area contributed by atoms with Gasteiger partial charge < -0.3 is 13.7 Å². The van der Waals surface area contributed by atoms with E-state index in [9.17, 15) is 8.78 Å². The van der Waals surface area contributed by atoms with Crippen LogP contribution in [0.2, 0.25) is 5.02 Å². The quantitative estimate of drug-likeness (QED) is 0.700. The standard InChI is InChI=1S/C14H11ClF2N4O2/c1-21(9-4-2-3-8(15)5-9)6-11-18-10(7-22-11)13-19-20-14(23-13)12(16)17/h2-5,7,12H,6H2,1H3. The molecule has 0 saturated carbocycles. The van der Waals surface area contributed by atoms with Gasteiger partial charge in [0.2, 0.25) is 5.89 Å². The molecule has 0 saturated heterocycles. The molecule has 0 unspecified atom stereocenters. The summed E-state index contributed by atoms with van der Waals surface area (Å²) < 4.78 is 35.0. The van der Waals surface area contributed by atoms with Gasteiger partial charge in [-0.15, -0.1) is 10.2 Å². The molecule has 0 atom stereocenters. The van der Waals surface area contributed by atoms with Crippen molar-refractivity contribution in [2.45, 2.75) is 13.0 Å². The van der Waals surface area contributed by atoms with Gasteiger partial charge in [0.1, 0.15) is 6.26 Å². The summed E-state index contributed by atoms with van der Waals surface area (Å²) in [6.45, 7) is 0.357. The van der Waals surface area contributed by atoms with Crippen molar-refractivity contribution in [1.29, 1.82) is 0 Å². The van der Waals surface area contributed by atoms with E-state index in [0.717, 1.165) is 5.69 Å². The van der Waals surface area contributed by atoms with Gasteiger partial charge in [-0.25, -0.2) is 4.98 Å². The highest BCUT2D eigenvalue weighted by Gasteiger charge is 2.19. The Morgan fingerprint density at radius 1 is 1.30 bits per heavy atom. The molecular formula is C14H11ClF2N4O2. The summed E-state index contributed by atoms with van der Waals surface area (Å²) in [4.78, 5) is 6.03. The Labute approximate surface area is 134 Å².